The zero-order valence-corrected chi connectivity index (χ0v) is 48.8. The number of rotatable bonds is 12. The summed E-state index contributed by atoms with van der Waals surface area (Å²) in [5, 5.41) is 17.4. The average Bonchev–Trinajstić information content (AvgIpc) is 4.08. The fourth-order valence-corrected chi connectivity index (χ4v) is 16.1. The summed E-state index contributed by atoms with van der Waals surface area (Å²) in [5.41, 5.74) is 3.30. The molecule has 0 spiro atoms. The molecule has 340 valence electrons. The molecule has 0 N–H and O–H groups in total. The Kier molecular flexibility index (Phi) is 29.1. The smallest absolute Gasteiger partial charge is 1.00 e. The number of hydrogen-bond donors (Lipinski definition) is 0. The molecule has 0 saturated carbocycles. The summed E-state index contributed by atoms with van der Waals surface area (Å²) in [6.45, 7) is 28.2. The Hall–Kier alpha value is -0.951. The minimum atomic E-state index is -0.0252. The van der Waals surface area contributed by atoms with Gasteiger partial charge in [-0.05, 0) is 75.0 Å². The third kappa shape index (κ3) is 16.6. The first-order valence-electron chi connectivity index (χ1n) is 22.4. The minimum absolute atomic E-state index is 0. The molecule has 0 aliphatic heterocycles. The zero-order chi connectivity index (χ0) is 43.3. The Bertz CT molecular complexity index is 2150. The van der Waals surface area contributed by atoms with E-state index in [0.717, 1.165) is 22.6 Å². The quantitative estimate of drug-likeness (QED) is 0.0650. The van der Waals surface area contributed by atoms with E-state index in [2.05, 4.69) is 228 Å². The maximum Gasteiger partial charge on any atom is 2.00 e. The van der Waals surface area contributed by atoms with Gasteiger partial charge < -0.3 is 24.8 Å². The average molecular weight is 1040 g/mol. The Morgan fingerprint density at radius 3 is 0.766 bits per heavy atom. The van der Waals surface area contributed by atoms with Gasteiger partial charge in [0.05, 0.1) is 0 Å². The van der Waals surface area contributed by atoms with Crippen molar-refractivity contribution in [3.63, 3.8) is 0 Å². The molecular formula is C56H72Cl2P4Ti2-2. The van der Waals surface area contributed by atoms with E-state index in [1.807, 2.05) is 0 Å². The first-order valence-corrected chi connectivity index (χ1v) is 29.8. The molecule has 0 amide bonds. The van der Waals surface area contributed by atoms with Crippen LogP contribution in [0.3, 0.4) is 0 Å². The van der Waals surface area contributed by atoms with E-state index in [9.17, 15) is 0 Å². The first kappa shape index (κ1) is 61.1. The molecule has 0 aliphatic rings. The number of benzene rings is 4. The van der Waals surface area contributed by atoms with Crippen molar-refractivity contribution in [1.82, 2.24) is 0 Å². The molecule has 8 aromatic rings. The van der Waals surface area contributed by atoms with Crippen LogP contribution in [0.15, 0.2) is 146 Å². The topological polar surface area (TPSA) is 0 Å². The maximum absolute atomic E-state index is 2.43. The van der Waals surface area contributed by atoms with Crippen molar-refractivity contribution in [2.45, 2.75) is 104 Å². The Morgan fingerprint density at radius 1 is 0.359 bits per heavy atom. The number of hydrogen-bond acceptors (Lipinski definition) is 0. The van der Waals surface area contributed by atoms with E-state index in [1.165, 1.54) is 79.4 Å². The van der Waals surface area contributed by atoms with Crippen LogP contribution in [0.25, 0.3) is 43.1 Å². The molecule has 0 heterocycles. The fraction of sp³-hybridized carbons (Fsp3) is 0.357. The van der Waals surface area contributed by atoms with Crippen LogP contribution in [-0.4, -0.2) is 49.3 Å². The van der Waals surface area contributed by atoms with Gasteiger partial charge in [0.1, 0.15) is 0 Å². The Balaban J connectivity index is 0.000000424. The molecule has 8 aromatic carbocycles. The summed E-state index contributed by atoms with van der Waals surface area (Å²) in [6, 6.07) is 53.5. The van der Waals surface area contributed by atoms with Crippen molar-refractivity contribution in [2.75, 3.05) is 26.7 Å². The largest absolute Gasteiger partial charge is 2.00 e. The van der Waals surface area contributed by atoms with Crippen LogP contribution in [-0.2, 0) is 43.4 Å². The maximum atomic E-state index is 2.43. The van der Waals surface area contributed by atoms with E-state index in [-0.39, 0.29) is 99.9 Å². The van der Waals surface area contributed by atoms with Gasteiger partial charge in [0.15, 0.2) is 0 Å². The van der Waals surface area contributed by atoms with Crippen LogP contribution >= 0.6 is 31.7 Å². The Labute approximate surface area is 436 Å². The van der Waals surface area contributed by atoms with Crippen molar-refractivity contribution >= 4 is 96.0 Å². The van der Waals surface area contributed by atoms with E-state index in [0.29, 0.717) is 0 Å². The second-order valence-electron chi connectivity index (χ2n) is 17.0. The summed E-state index contributed by atoms with van der Waals surface area (Å²) in [6.07, 6.45) is 5.16. The molecule has 0 fully saturated rings. The van der Waals surface area contributed by atoms with Crippen LogP contribution in [0.5, 0.6) is 0 Å². The van der Waals surface area contributed by atoms with Crippen molar-refractivity contribution < 1.29 is 68.2 Å². The standard InChI is InChI=1S/2C17H24P.2C11H12P.2ClH.2Ti/c2*1-5-13(3)18(14(4)6-2)17-11-15-9-7-8-10-16(15)12-17;2*1-12(2)11-7-9-5-3-4-6-10(9)8-11;;;;/h2*7-14H,5-6H2,1-4H3;2*3-8H,1-2H3;2*1H;;/q4*-1;;;2*+2/p-2. The van der Waals surface area contributed by atoms with Gasteiger partial charge in [-0.1, -0.05) is 95.5 Å². The predicted octanol–water partition coefficient (Wildman–Crippen LogP) is 10.4. The van der Waals surface area contributed by atoms with Crippen molar-refractivity contribution in [1.29, 1.82) is 0 Å². The molecule has 8 heteroatoms. The van der Waals surface area contributed by atoms with E-state index in [4.69, 9.17) is 0 Å². The van der Waals surface area contributed by atoms with Crippen LogP contribution in [0.1, 0.15) is 81.1 Å². The van der Waals surface area contributed by atoms with E-state index >= 15 is 0 Å². The van der Waals surface area contributed by atoms with Gasteiger partial charge in [-0.3, -0.25) is 0 Å². The molecule has 64 heavy (non-hydrogen) atoms. The van der Waals surface area contributed by atoms with Gasteiger partial charge >= 0.3 is 43.4 Å². The third-order valence-corrected chi connectivity index (χ3v) is 21.9. The van der Waals surface area contributed by atoms with Gasteiger partial charge in [-0.15, -0.1) is 177 Å². The molecule has 4 unspecified atom stereocenters. The fourth-order valence-electron chi connectivity index (χ4n) is 8.02. The van der Waals surface area contributed by atoms with E-state index < -0.39 is 0 Å². The monoisotopic (exact) mass is 1030 g/mol. The SMILES string of the molecule is CCC(C)P(c1cc2ccccc2[cH-]1)C(C)CC.CCC(C)P(c1cc2ccccc2[cH-]1)C(C)CC.CP(C)c1cc2ccccc2[cH-]1.CP(C)c1cc2ccccc2[cH-]1.[Cl-].[Cl-].[Ti+2].[Ti+2]. The summed E-state index contributed by atoms with van der Waals surface area (Å²) in [7, 11) is 0.0648. The molecule has 8 rings (SSSR count). The summed E-state index contributed by atoms with van der Waals surface area (Å²) < 4.78 is 0. The molecule has 0 aromatic heterocycles. The summed E-state index contributed by atoms with van der Waals surface area (Å²) >= 11 is 0. The zero-order valence-electron chi connectivity index (χ0n) is 40.5. The molecule has 4 atom stereocenters. The van der Waals surface area contributed by atoms with Crippen LogP contribution in [0, 0.1) is 0 Å². The molecule has 0 radical (unpaired) electrons. The second kappa shape index (κ2) is 30.5. The minimum Gasteiger partial charge on any atom is -1.00 e. The predicted molar refractivity (Wildman–Crippen MR) is 287 cm³/mol. The van der Waals surface area contributed by atoms with Gasteiger partial charge in [0.2, 0.25) is 0 Å². The molecule has 0 saturated heterocycles. The summed E-state index contributed by atoms with van der Waals surface area (Å²) in [5.74, 6) is 0. The van der Waals surface area contributed by atoms with Crippen molar-refractivity contribution in [3.05, 3.63) is 146 Å². The third-order valence-electron chi connectivity index (χ3n) is 12.3. The van der Waals surface area contributed by atoms with Gasteiger partial charge in [-0.25, -0.2) is 0 Å². The van der Waals surface area contributed by atoms with Crippen LogP contribution in [0.2, 0.25) is 0 Å². The molecule has 0 aliphatic carbocycles. The Morgan fingerprint density at radius 2 is 0.562 bits per heavy atom. The summed E-state index contributed by atoms with van der Waals surface area (Å²) in [4.78, 5) is 0. The van der Waals surface area contributed by atoms with Crippen molar-refractivity contribution in [2.24, 2.45) is 0 Å². The molecule has 0 bridgehead atoms. The van der Waals surface area contributed by atoms with Gasteiger partial charge in [-0.2, -0.15) is 24.3 Å². The first-order chi connectivity index (χ1) is 28.9. The van der Waals surface area contributed by atoms with Crippen LogP contribution in [0.4, 0.5) is 0 Å². The normalized spacial score (nSPS) is 13.6. The number of halogens is 2. The van der Waals surface area contributed by atoms with Crippen LogP contribution < -0.4 is 46.0 Å². The van der Waals surface area contributed by atoms with Gasteiger partial charge in [0.25, 0.3) is 0 Å². The molecule has 0 nitrogen and oxygen atoms in total. The van der Waals surface area contributed by atoms with Gasteiger partial charge in [0, 0.05) is 0 Å². The van der Waals surface area contributed by atoms with Crippen molar-refractivity contribution in [3.8, 4) is 0 Å². The number of fused-ring (bicyclic) bond motifs is 4. The van der Waals surface area contributed by atoms with E-state index in [1.54, 1.807) is 10.6 Å². The molecular weight excluding hydrogens is 963 g/mol. The second-order valence-corrected chi connectivity index (χ2v) is 27.8.